The van der Waals surface area contributed by atoms with Crippen molar-refractivity contribution in [1.82, 2.24) is 9.62 Å². The Hall–Kier alpha value is -0.910. The van der Waals surface area contributed by atoms with Crippen molar-refractivity contribution in [2.24, 2.45) is 0 Å². The van der Waals surface area contributed by atoms with Crippen LogP contribution in [0.15, 0.2) is 23.1 Å². The van der Waals surface area contributed by atoms with Gasteiger partial charge in [-0.2, -0.15) is 4.31 Å². The van der Waals surface area contributed by atoms with Crippen molar-refractivity contribution < 1.29 is 8.42 Å². The van der Waals surface area contributed by atoms with Crippen LogP contribution in [-0.4, -0.2) is 38.9 Å². The van der Waals surface area contributed by atoms with E-state index in [1.807, 2.05) is 26.0 Å². The van der Waals surface area contributed by atoms with E-state index in [2.05, 4.69) is 5.32 Å². The first kappa shape index (κ1) is 13.5. The van der Waals surface area contributed by atoms with Crippen LogP contribution in [0.5, 0.6) is 0 Å². The molecule has 1 saturated heterocycles. The van der Waals surface area contributed by atoms with Crippen molar-refractivity contribution in [2.75, 3.05) is 20.1 Å². The molecule has 100 valence electrons. The van der Waals surface area contributed by atoms with E-state index in [9.17, 15) is 8.42 Å². The third-order valence-corrected chi connectivity index (χ3v) is 5.60. The van der Waals surface area contributed by atoms with Gasteiger partial charge in [-0.05, 0) is 44.0 Å². The van der Waals surface area contributed by atoms with E-state index in [0.29, 0.717) is 4.90 Å². The molecule has 1 aromatic rings. The minimum absolute atomic E-state index is 0.0647. The fraction of sp³-hybridized carbons (Fsp3) is 0.538. The summed E-state index contributed by atoms with van der Waals surface area (Å²) < 4.78 is 26.7. The Labute approximate surface area is 109 Å². The van der Waals surface area contributed by atoms with Crippen LogP contribution < -0.4 is 5.32 Å². The summed E-state index contributed by atoms with van der Waals surface area (Å²) in [6.45, 7) is 5.38. The normalized spacial score (nSPS) is 20.6. The first-order chi connectivity index (χ1) is 8.43. The van der Waals surface area contributed by atoms with Gasteiger partial charge >= 0.3 is 0 Å². The molecule has 2 rings (SSSR count). The highest BCUT2D eigenvalue weighted by Crippen LogP contribution is 2.23. The van der Waals surface area contributed by atoms with Crippen molar-refractivity contribution in [3.8, 4) is 0 Å². The van der Waals surface area contributed by atoms with E-state index in [0.717, 1.165) is 30.6 Å². The molecule has 0 aliphatic carbocycles. The maximum Gasteiger partial charge on any atom is 0.243 e. The second-order valence-corrected chi connectivity index (χ2v) is 6.90. The largest absolute Gasteiger partial charge is 0.315 e. The molecule has 1 atom stereocenters. The molecule has 1 aliphatic rings. The monoisotopic (exact) mass is 268 g/mol. The first-order valence-corrected chi connectivity index (χ1v) is 7.63. The zero-order valence-corrected chi connectivity index (χ0v) is 11.9. The Morgan fingerprint density at radius 3 is 2.67 bits per heavy atom. The predicted molar refractivity (Wildman–Crippen MR) is 72.1 cm³/mol. The van der Waals surface area contributed by atoms with Gasteiger partial charge in [0.15, 0.2) is 0 Å². The second kappa shape index (κ2) is 4.99. The van der Waals surface area contributed by atoms with Gasteiger partial charge in [0, 0.05) is 19.6 Å². The van der Waals surface area contributed by atoms with E-state index < -0.39 is 10.0 Å². The van der Waals surface area contributed by atoms with Gasteiger partial charge in [0.2, 0.25) is 10.0 Å². The van der Waals surface area contributed by atoms with Gasteiger partial charge in [-0.25, -0.2) is 8.42 Å². The minimum Gasteiger partial charge on any atom is -0.315 e. The number of nitrogens with zero attached hydrogens (tertiary/aromatic N) is 1. The molecule has 1 N–H and O–H groups in total. The van der Waals surface area contributed by atoms with Crippen molar-refractivity contribution in [3.05, 3.63) is 29.3 Å². The smallest absolute Gasteiger partial charge is 0.243 e. The maximum absolute atomic E-state index is 12.6. The Bertz CT molecular complexity index is 534. The Morgan fingerprint density at radius 1 is 1.33 bits per heavy atom. The van der Waals surface area contributed by atoms with Gasteiger partial charge in [-0.1, -0.05) is 12.1 Å². The summed E-state index contributed by atoms with van der Waals surface area (Å²) in [5.74, 6) is 0. The summed E-state index contributed by atoms with van der Waals surface area (Å²) in [7, 11) is -1.71. The van der Waals surface area contributed by atoms with E-state index in [1.165, 1.54) is 4.31 Å². The molecule has 0 saturated carbocycles. The molecule has 0 spiro atoms. The number of hydrogen-bond donors (Lipinski definition) is 1. The molecule has 18 heavy (non-hydrogen) atoms. The minimum atomic E-state index is -3.38. The molecule has 5 heteroatoms. The lowest BCUT2D eigenvalue weighted by Gasteiger charge is -2.24. The highest BCUT2D eigenvalue weighted by Gasteiger charge is 2.30. The molecule has 1 fully saturated rings. The number of rotatable bonds is 3. The zero-order valence-electron chi connectivity index (χ0n) is 11.1. The molecular weight excluding hydrogens is 248 g/mol. The molecular formula is C13H20N2O2S. The van der Waals surface area contributed by atoms with Crippen LogP contribution in [0.4, 0.5) is 0 Å². The molecule has 1 unspecified atom stereocenters. The predicted octanol–water partition coefficient (Wildman–Crippen LogP) is 1.29. The lowest BCUT2D eigenvalue weighted by Crippen LogP contribution is -2.38. The summed E-state index contributed by atoms with van der Waals surface area (Å²) in [5.41, 5.74) is 1.77. The third-order valence-electron chi connectivity index (χ3n) is 3.55. The number of sulfonamides is 1. The quantitative estimate of drug-likeness (QED) is 0.898. The Kier molecular flexibility index (Phi) is 3.75. The molecule has 1 aliphatic heterocycles. The van der Waals surface area contributed by atoms with Crippen molar-refractivity contribution in [1.29, 1.82) is 0 Å². The molecule has 1 aromatic carbocycles. The van der Waals surface area contributed by atoms with Gasteiger partial charge < -0.3 is 5.32 Å². The summed E-state index contributed by atoms with van der Waals surface area (Å²) in [6.07, 6.45) is 0.876. The maximum atomic E-state index is 12.6. The zero-order chi connectivity index (χ0) is 13.3. The van der Waals surface area contributed by atoms with Crippen molar-refractivity contribution in [2.45, 2.75) is 31.2 Å². The third kappa shape index (κ3) is 2.43. The topological polar surface area (TPSA) is 49.4 Å². The van der Waals surface area contributed by atoms with Gasteiger partial charge in [0.05, 0.1) is 4.90 Å². The highest BCUT2D eigenvalue weighted by molar-refractivity contribution is 7.89. The summed E-state index contributed by atoms with van der Waals surface area (Å²) in [6, 6.07) is 5.62. The molecule has 4 nitrogen and oxygen atoms in total. The van der Waals surface area contributed by atoms with Gasteiger partial charge in [0.1, 0.15) is 0 Å². The second-order valence-electron chi connectivity index (χ2n) is 4.94. The SMILES string of the molecule is Cc1ccc(C)c(S(=O)(=O)N(C)C2CCNC2)c1. The summed E-state index contributed by atoms with van der Waals surface area (Å²) in [4.78, 5) is 0.428. The Morgan fingerprint density at radius 2 is 2.06 bits per heavy atom. The fourth-order valence-corrected chi connectivity index (χ4v) is 3.98. The standard InChI is InChI=1S/C13H20N2O2S/c1-10-4-5-11(2)13(8-10)18(16,17)15(3)12-6-7-14-9-12/h4-5,8,12,14H,6-7,9H2,1-3H3. The average Bonchev–Trinajstić information content (AvgIpc) is 2.84. The van der Waals surface area contributed by atoms with Crippen molar-refractivity contribution in [3.63, 3.8) is 0 Å². The molecule has 0 radical (unpaired) electrons. The van der Waals surface area contributed by atoms with E-state index in [1.54, 1.807) is 13.1 Å². The number of benzene rings is 1. The van der Waals surface area contributed by atoms with Crippen molar-refractivity contribution >= 4 is 10.0 Å². The lowest BCUT2D eigenvalue weighted by molar-refractivity contribution is 0.387. The number of likely N-dealkylation sites (N-methyl/N-ethyl adjacent to an activating group) is 1. The van der Waals surface area contributed by atoms with Gasteiger partial charge in [-0.15, -0.1) is 0 Å². The van der Waals surface area contributed by atoms with Crippen LogP contribution in [-0.2, 0) is 10.0 Å². The van der Waals surface area contributed by atoms with E-state index >= 15 is 0 Å². The van der Waals surface area contributed by atoms with Crippen LogP contribution >= 0.6 is 0 Å². The average molecular weight is 268 g/mol. The fourth-order valence-electron chi connectivity index (χ4n) is 2.29. The molecule has 0 aromatic heterocycles. The Balaban J connectivity index is 2.37. The van der Waals surface area contributed by atoms with Crippen LogP contribution in [0.1, 0.15) is 17.5 Å². The number of nitrogens with one attached hydrogen (secondary N) is 1. The van der Waals surface area contributed by atoms with Gasteiger partial charge in [0.25, 0.3) is 0 Å². The van der Waals surface area contributed by atoms with Crippen LogP contribution in [0.25, 0.3) is 0 Å². The van der Waals surface area contributed by atoms with Crippen LogP contribution in [0.3, 0.4) is 0 Å². The van der Waals surface area contributed by atoms with E-state index in [4.69, 9.17) is 0 Å². The first-order valence-electron chi connectivity index (χ1n) is 6.19. The summed E-state index contributed by atoms with van der Waals surface area (Å²) in [5, 5.41) is 3.20. The number of aryl methyl sites for hydroxylation is 2. The van der Waals surface area contributed by atoms with E-state index in [-0.39, 0.29) is 6.04 Å². The van der Waals surface area contributed by atoms with Crippen LogP contribution in [0.2, 0.25) is 0 Å². The molecule has 0 amide bonds. The molecule has 0 bridgehead atoms. The summed E-state index contributed by atoms with van der Waals surface area (Å²) >= 11 is 0. The highest BCUT2D eigenvalue weighted by atomic mass is 32.2. The molecule has 1 heterocycles. The van der Waals surface area contributed by atoms with Gasteiger partial charge in [-0.3, -0.25) is 0 Å². The lowest BCUT2D eigenvalue weighted by atomic mass is 10.2. The number of hydrogen-bond acceptors (Lipinski definition) is 3. The van der Waals surface area contributed by atoms with Crippen LogP contribution in [0, 0.1) is 13.8 Å².